The molecule has 0 bridgehead atoms. The van der Waals surface area contributed by atoms with Crippen molar-refractivity contribution in [1.29, 1.82) is 0 Å². The molecule has 4 atom stereocenters. The molecule has 0 heterocycles. The third-order valence-corrected chi connectivity index (χ3v) is 4.00. The number of methoxy groups -OCH3 is 2. The molecular formula is C13H22O4. The molecule has 4 heteroatoms. The predicted octanol–water partition coefficient (Wildman–Crippen LogP) is 2.02. The highest BCUT2D eigenvalue weighted by Crippen LogP contribution is 2.45. The first-order chi connectivity index (χ1) is 8.10. The molecule has 0 aliphatic heterocycles. The molecule has 17 heavy (non-hydrogen) atoms. The van der Waals surface area contributed by atoms with Gasteiger partial charge in [-0.25, -0.2) is 0 Å². The Balaban J connectivity index is 2.99. The van der Waals surface area contributed by atoms with Crippen molar-refractivity contribution in [1.82, 2.24) is 0 Å². The van der Waals surface area contributed by atoms with Crippen LogP contribution < -0.4 is 0 Å². The molecule has 98 valence electrons. The van der Waals surface area contributed by atoms with Crippen LogP contribution in [0.3, 0.4) is 0 Å². The minimum atomic E-state index is -0.331. The van der Waals surface area contributed by atoms with Crippen molar-refractivity contribution in [3.8, 4) is 0 Å². The lowest BCUT2D eigenvalue weighted by molar-refractivity contribution is -0.158. The van der Waals surface area contributed by atoms with Crippen molar-refractivity contribution in [2.75, 3.05) is 14.2 Å². The molecule has 0 N–H and O–H groups in total. The topological polar surface area (TPSA) is 52.6 Å². The first-order valence-electron chi connectivity index (χ1n) is 6.26. The lowest BCUT2D eigenvalue weighted by Gasteiger charge is -2.21. The molecule has 4 nitrogen and oxygen atoms in total. The van der Waals surface area contributed by atoms with Gasteiger partial charge < -0.3 is 9.47 Å². The summed E-state index contributed by atoms with van der Waals surface area (Å²) in [5, 5.41) is 0. The zero-order valence-electron chi connectivity index (χ0n) is 11.1. The van der Waals surface area contributed by atoms with Crippen molar-refractivity contribution in [3.63, 3.8) is 0 Å². The maximum absolute atomic E-state index is 11.8. The highest BCUT2D eigenvalue weighted by molar-refractivity contribution is 5.83. The average molecular weight is 242 g/mol. The molecule has 0 saturated heterocycles. The number of hydrogen-bond donors (Lipinski definition) is 0. The van der Waals surface area contributed by atoms with E-state index >= 15 is 0 Å². The van der Waals surface area contributed by atoms with Gasteiger partial charge in [0.2, 0.25) is 0 Å². The summed E-state index contributed by atoms with van der Waals surface area (Å²) in [5.41, 5.74) is 0. The SMILES string of the molecule is CCC1CC(CC)C(C(=O)OC)C1C(=O)OC. The van der Waals surface area contributed by atoms with Crippen LogP contribution in [0.15, 0.2) is 0 Å². The van der Waals surface area contributed by atoms with Gasteiger partial charge in [0.25, 0.3) is 0 Å². The normalized spacial score (nSPS) is 32.2. The Bertz CT molecular complexity index is 259. The minimum Gasteiger partial charge on any atom is -0.469 e. The fourth-order valence-corrected chi connectivity index (χ4v) is 3.06. The fourth-order valence-electron chi connectivity index (χ4n) is 3.06. The maximum Gasteiger partial charge on any atom is 0.309 e. The smallest absolute Gasteiger partial charge is 0.309 e. The Morgan fingerprint density at radius 1 is 0.941 bits per heavy atom. The number of rotatable bonds is 4. The third kappa shape index (κ3) is 2.61. The molecular weight excluding hydrogens is 220 g/mol. The van der Waals surface area contributed by atoms with E-state index in [-0.39, 0.29) is 35.6 Å². The summed E-state index contributed by atoms with van der Waals surface area (Å²) >= 11 is 0. The van der Waals surface area contributed by atoms with Crippen LogP contribution in [0.25, 0.3) is 0 Å². The van der Waals surface area contributed by atoms with Crippen molar-refractivity contribution in [2.24, 2.45) is 23.7 Å². The Hall–Kier alpha value is -1.06. The monoisotopic (exact) mass is 242 g/mol. The molecule has 4 unspecified atom stereocenters. The second kappa shape index (κ2) is 6.03. The molecule has 0 aromatic carbocycles. The summed E-state index contributed by atoms with van der Waals surface area (Å²) in [6.45, 7) is 4.10. The summed E-state index contributed by atoms with van der Waals surface area (Å²) in [4.78, 5) is 23.7. The molecule has 0 radical (unpaired) electrons. The summed E-state index contributed by atoms with van der Waals surface area (Å²) in [6, 6.07) is 0. The van der Waals surface area contributed by atoms with E-state index < -0.39 is 0 Å². The quantitative estimate of drug-likeness (QED) is 0.708. The van der Waals surface area contributed by atoms with E-state index in [0.717, 1.165) is 19.3 Å². The standard InChI is InChI=1S/C13H22O4/c1-5-8-7-9(6-2)11(13(15)17-4)10(8)12(14)16-3/h8-11H,5-7H2,1-4H3. The molecule has 1 rings (SSSR count). The fraction of sp³-hybridized carbons (Fsp3) is 0.846. The van der Waals surface area contributed by atoms with Crippen LogP contribution in [-0.4, -0.2) is 26.2 Å². The number of ether oxygens (including phenoxy) is 2. The van der Waals surface area contributed by atoms with Gasteiger partial charge in [0.05, 0.1) is 26.1 Å². The maximum atomic E-state index is 11.8. The second-order valence-corrected chi connectivity index (χ2v) is 4.67. The van der Waals surface area contributed by atoms with Gasteiger partial charge >= 0.3 is 11.9 Å². The number of hydrogen-bond acceptors (Lipinski definition) is 4. The van der Waals surface area contributed by atoms with Gasteiger partial charge in [-0.3, -0.25) is 9.59 Å². The number of carbonyl (C=O) groups is 2. The summed E-state index contributed by atoms with van der Waals surface area (Å²) in [5.74, 6) is -0.746. The van der Waals surface area contributed by atoms with Crippen molar-refractivity contribution >= 4 is 11.9 Å². The van der Waals surface area contributed by atoms with Gasteiger partial charge in [-0.1, -0.05) is 26.7 Å². The summed E-state index contributed by atoms with van der Waals surface area (Å²) in [6.07, 6.45) is 2.69. The van der Waals surface area contributed by atoms with Crippen LogP contribution in [0, 0.1) is 23.7 Å². The van der Waals surface area contributed by atoms with Crippen molar-refractivity contribution in [3.05, 3.63) is 0 Å². The highest BCUT2D eigenvalue weighted by Gasteiger charge is 2.50. The average Bonchev–Trinajstić information content (AvgIpc) is 2.75. The third-order valence-electron chi connectivity index (χ3n) is 4.00. The zero-order valence-corrected chi connectivity index (χ0v) is 11.1. The molecule has 0 aromatic rings. The van der Waals surface area contributed by atoms with Gasteiger partial charge in [0, 0.05) is 0 Å². The van der Waals surface area contributed by atoms with E-state index in [1.54, 1.807) is 0 Å². The lowest BCUT2D eigenvalue weighted by atomic mass is 9.85. The largest absolute Gasteiger partial charge is 0.469 e. The molecule has 1 fully saturated rings. The van der Waals surface area contributed by atoms with E-state index in [1.807, 2.05) is 13.8 Å². The Labute approximate surface area is 103 Å². The molecule has 1 aliphatic carbocycles. The van der Waals surface area contributed by atoms with Crippen LogP contribution in [0.1, 0.15) is 33.1 Å². The molecule has 1 saturated carbocycles. The lowest BCUT2D eigenvalue weighted by Crippen LogP contribution is -2.33. The predicted molar refractivity (Wildman–Crippen MR) is 63.2 cm³/mol. The van der Waals surface area contributed by atoms with Crippen molar-refractivity contribution < 1.29 is 19.1 Å². The summed E-state index contributed by atoms with van der Waals surface area (Å²) < 4.78 is 9.67. The van der Waals surface area contributed by atoms with Gasteiger partial charge in [0.15, 0.2) is 0 Å². The van der Waals surface area contributed by atoms with Gasteiger partial charge in [-0.2, -0.15) is 0 Å². The van der Waals surface area contributed by atoms with E-state index in [1.165, 1.54) is 14.2 Å². The Morgan fingerprint density at radius 3 is 1.53 bits per heavy atom. The van der Waals surface area contributed by atoms with Crippen LogP contribution in [0.4, 0.5) is 0 Å². The first kappa shape index (κ1) is 14.0. The van der Waals surface area contributed by atoms with E-state index in [9.17, 15) is 9.59 Å². The molecule has 0 spiro atoms. The molecule has 1 aliphatic rings. The Morgan fingerprint density at radius 2 is 1.29 bits per heavy atom. The summed E-state index contributed by atoms with van der Waals surface area (Å²) in [7, 11) is 2.76. The van der Waals surface area contributed by atoms with Crippen LogP contribution in [-0.2, 0) is 19.1 Å². The number of carbonyl (C=O) groups excluding carboxylic acids is 2. The van der Waals surface area contributed by atoms with Crippen molar-refractivity contribution in [2.45, 2.75) is 33.1 Å². The highest BCUT2D eigenvalue weighted by atomic mass is 16.5. The van der Waals surface area contributed by atoms with Crippen LogP contribution in [0.2, 0.25) is 0 Å². The van der Waals surface area contributed by atoms with Gasteiger partial charge in [-0.05, 0) is 18.3 Å². The molecule has 0 aromatic heterocycles. The first-order valence-corrected chi connectivity index (χ1v) is 6.26. The Kier molecular flexibility index (Phi) is 4.97. The van der Waals surface area contributed by atoms with Crippen LogP contribution >= 0.6 is 0 Å². The zero-order chi connectivity index (χ0) is 13.0. The van der Waals surface area contributed by atoms with E-state index in [2.05, 4.69) is 0 Å². The minimum absolute atomic E-state index is 0.233. The number of esters is 2. The van der Waals surface area contributed by atoms with E-state index in [4.69, 9.17) is 9.47 Å². The van der Waals surface area contributed by atoms with Gasteiger partial charge in [0.1, 0.15) is 0 Å². The second-order valence-electron chi connectivity index (χ2n) is 4.67. The molecule has 0 amide bonds. The van der Waals surface area contributed by atoms with Crippen LogP contribution in [0.5, 0.6) is 0 Å². The van der Waals surface area contributed by atoms with E-state index in [0.29, 0.717) is 0 Å². The van der Waals surface area contributed by atoms with Gasteiger partial charge in [-0.15, -0.1) is 0 Å².